The number of hydrogen-bond acceptors (Lipinski definition) is 4. The van der Waals surface area contributed by atoms with Crippen LogP contribution in [0.3, 0.4) is 0 Å². The number of carbonyl (C=O) groups excluding carboxylic acids is 3. The van der Waals surface area contributed by atoms with Crippen LogP contribution in [-0.4, -0.2) is 40.5 Å². The van der Waals surface area contributed by atoms with Gasteiger partial charge >= 0.3 is 0 Å². The summed E-state index contributed by atoms with van der Waals surface area (Å²) in [4.78, 5) is 40.7. The van der Waals surface area contributed by atoms with Gasteiger partial charge in [-0.25, -0.2) is 0 Å². The summed E-state index contributed by atoms with van der Waals surface area (Å²) in [5.74, 6) is -0.685. The summed E-state index contributed by atoms with van der Waals surface area (Å²) in [5, 5.41) is 5.94. The molecule has 0 aromatic heterocycles. The van der Waals surface area contributed by atoms with Crippen molar-refractivity contribution in [3.8, 4) is 0 Å². The van der Waals surface area contributed by atoms with Crippen molar-refractivity contribution in [2.45, 2.75) is 35.4 Å². The largest absolute Gasteiger partial charge is 0.331 e. The maximum Gasteiger partial charge on any atom is 0.247 e. The number of nitrogens with zero attached hydrogens (tertiary/aromatic N) is 1. The quantitative estimate of drug-likeness (QED) is 0.702. The van der Waals surface area contributed by atoms with E-state index < -0.39 is 11.3 Å². The fourth-order valence-electron chi connectivity index (χ4n) is 3.69. The Balaban J connectivity index is 1.42. The Kier molecular flexibility index (Phi) is 6.22. The molecule has 1 saturated heterocycles. The SMILES string of the molecule is O=C1Nc2ccccc2SC1CC(=O)N1CCCC1C(=O)Nc1cc(Cl)cc(Cl)c1. The summed E-state index contributed by atoms with van der Waals surface area (Å²) in [5.41, 5.74) is 1.24. The molecule has 2 unspecified atom stereocenters. The van der Waals surface area contributed by atoms with Crippen LogP contribution in [-0.2, 0) is 14.4 Å². The number of thioether (sulfide) groups is 1. The lowest BCUT2D eigenvalue weighted by atomic mass is 10.1. The maximum atomic E-state index is 13.0. The molecule has 2 aromatic carbocycles. The van der Waals surface area contributed by atoms with Crippen molar-refractivity contribution < 1.29 is 14.4 Å². The van der Waals surface area contributed by atoms with E-state index in [0.29, 0.717) is 28.7 Å². The molecule has 2 atom stereocenters. The first-order valence-electron chi connectivity index (χ1n) is 9.53. The molecule has 0 spiro atoms. The van der Waals surface area contributed by atoms with Gasteiger partial charge in [0.15, 0.2) is 0 Å². The summed E-state index contributed by atoms with van der Waals surface area (Å²) in [7, 11) is 0. The molecule has 2 aliphatic rings. The third kappa shape index (κ3) is 4.58. The minimum Gasteiger partial charge on any atom is -0.331 e. The van der Waals surface area contributed by atoms with Crippen LogP contribution in [0.15, 0.2) is 47.4 Å². The average Bonchev–Trinajstić information content (AvgIpc) is 3.18. The van der Waals surface area contributed by atoms with Crippen molar-refractivity contribution in [3.05, 3.63) is 52.5 Å². The van der Waals surface area contributed by atoms with Crippen LogP contribution in [0.25, 0.3) is 0 Å². The van der Waals surface area contributed by atoms with Gasteiger partial charge in [0.25, 0.3) is 0 Å². The summed E-state index contributed by atoms with van der Waals surface area (Å²) >= 11 is 13.4. The minimum atomic E-state index is -0.584. The third-order valence-corrected chi connectivity index (χ3v) is 6.78. The molecule has 2 heterocycles. The van der Waals surface area contributed by atoms with Gasteiger partial charge in [-0.15, -0.1) is 11.8 Å². The van der Waals surface area contributed by atoms with E-state index in [1.165, 1.54) is 11.8 Å². The molecule has 2 aromatic rings. The van der Waals surface area contributed by atoms with E-state index in [9.17, 15) is 14.4 Å². The van der Waals surface area contributed by atoms with Crippen molar-refractivity contribution in [3.63, 3.8) is 0 Å². The molecule has 4 rings (SSSR count). The number of hydrogen-bond donors (Lipinski definition) is 2. The number of benzene rings is 2. The van der Waals surface area contributed by atoms with Crippen LogP contribution >= 0.6 is 35.0 Å². The molecule has 1 fully saturated rings. The zero-order valence-corrected chi connectivity index (χ0v) is 18.2. The van der Waals surface area contributed by atoms with E-state index in [2.05, 4.69) is 10.6 Å². The molecule has 0 bridgehead atoms. The summed E-state index contributed by atoms with van der Waals surface area (Å²) < 4.78 is 0. The number of para-hydroxylation sites is 1. The fourth-order valence-corrected chi connectivity index (χ4v) is 5.32. The highest BCUT2D eigenvalue weighted by Crippen LogP contribution is 2.37. The standard InChI is InChI=1S/C21H19Cl2N3O3S/c22-12-8-13(23)10-14(9-12)24-20(28)16-5-3-7-26(16)19(27)11-18-21(29)25-15-4-1-2-6-17(15)30-18/h1-2,4,6,8-10,16,18H,3,5,7,11H2,(H,24,28)(H,25,29). The van der Waals surface area contributed by atoms with Crippen molar-refractivity contribution in [2.75, 3.05) is 17.2 Å². The predicted octanol–water partition coefficient (Wildman–Crippen LogP) is 4.43. The van der Waals surface area contributed by atoms with Gasteiger partial charge in [-0.2, -0.15) is 0 Å². The van der Waals surface area contributed by atoms with Gasteiger partial charge in [0, 0.05) is 33.6 Å². The highest BCUT2D eigenvalue weighted by Gasteiger charge is 2.37. The van der Waals surface area contributed by atoms with E-state index in [-0.39, 0.29) is 24.1 Å². The molecular weight excluding hydrogens is 445 g/mol. The first-order valence-corrected chi connectivity index (χ1v) is 11.2. The number of rotatable bonds is 4. The molecule has 2 aliphatic heterocycles. The Bertz CT molecular complexity index is 996. The van der Waals surface area contributed by atoms with Gasteiger partial charge in [-0.1, -0.05) is 35.3 Å². The van der Waals surface area contributed by atoms with Crippen LogP contribution in [0.1, 0.15) is 19.3 Å². The van der Waals surface area contributed by atoms with Gasteiger partial charge in [-0.3, -0.25) is 14.4 Å². The highest BCUT2D eigenvalue weighted by atomic mass is 35.5. The first kappa shape index (κ1) is 21.0. The number of likely N-dealkylation sites (tertiary alicyclic amines) is 1. The summed E-state index contributed by atoms with van der Waals surface area (Å²) in [6.45, 7) is 0.489. The molecule has 0 saturated carbocycles. The van der Waals surface area contributed by atoms with E-state index in [0.717, 1.165) is 17.0 Å². The van der Waals surface area contributed by atoms with Crippen LogP contribution in [0.4, 0.5) is 11.4 Å². The van der Waals surface area contributed by atoms with Gasteiger partial charge in [0.1, 0.15) is 6.04 Å². The Labute approximate surface area is 188 Å². The molecule has 9 heteroatoms. The van der Waals surface area contributed by atoms with E-state index in [4.69, 9.17) is 23.2 Å². The van der Waals surface area contributed by atoms with Crippen LogP contribution in [0.2, 0.25) is 10.0 Å². The van der Waals surface area contributed by atoms with Crippen molar-refractivity contribution in [2.24, 2.45) is 0 Å². The Morgan fingerprint density at radius 2 is 1.90 bits per heavy atom. The smallest absolute Gasteiger partial charge is 0.247 e. The summed E-state index contributed by atoms with van der Waals surface area (Å²) in [6, 6.07) is 11.7. The highest BCUT2D eigenvalue weighted by molar-refractivity contribution is 8.01. The lowest BCUT2D eigenvalue weighted by Crippen LogP contribution is -2.45. The Morgan fingerprint density at radius 1 is 1.17 bits per heavy atom. The molecule has 6 nitrogen and oxygen atoms in total. The number of fused-ring (bicyclic) bond motifs is 1. The molecule has 156 valence electrons. The summed E-state index contributed by atoms with van der Waals surface area (Å²) in [6.07, 6.45) is 1.34. The minimum absolute atomic E-state index is 0.0393. The second-order valence-corrected chi connectivity index (χ2v) is 9.31. The topological polar surface area (TPSA) is 78.5 Å². The van der Waals surface area contributed by atoms with E-state index in [1.54, 1.807) is 23.1 Å². The van der Waals surface area contributed by atoms with Gasteiger partial charge in [-0.05, 0) is 43.2 Å². The van der Waals surface area contributed by atoms with Crippen LogP contribution in [0.5, 0.6) is 0 Å². The maximum absolute atomic E-state index is 13.0. The Morgan fingerprint density at radius 3 is 2.67 bits per heavy atom. The normalized spacial score (nSPS) is 20.5. The number of carbonyl (C=O) groups is 3. The second kappa shape index (κ2) is 8.88. The fraction of sp³-hybridized carbons (Fsp3) is 0.286. The third-order valence-electron chi connectivity index (χ3n) is 5.07. The molecule has 30 heavy (non-hydrogen) atoms. The monoisotopic (exact) mass is 463 g/mol. The number of halogens is 2. The van der Waals surface area contributed by atoms with Crippen molar-refractivity contribution in [1.82, 2.24) is 4.90 Å². The lowest BCUT2D eigenvalue weighted by Gasteiger charge is -2.28. The van der Waals surface area contributed by atoms with Crippen molar-refractivity contribution >= 4 is 64.1 Å². The zero-order chi connectivity index (χ0) is 21.3. The Hall–Kier alpha value is -2.22. The average molecular weight is 464 g/mol. The molecule has 0 aliphatic carbocycles. The number of anilines is 2. The lowest BCUT2D eigenvalue weighted by molar-refractivity contribution is -0.137. The van der Waals surface area contributed by atoms with Gasteiger partial charge in [0.05, 0.1) is 10.9 Å². The van der Waals surface area contributed by atoms with E-state index >= 15 is 0 Å². The van der Waals surface area contributed by atoms with Gasteiger partial charge in [0.2, 0.25) is 17.7 Å². The predicted molar refractivity (Wildman–Crippen MR) is 119 cm³/mol. The molecular formula is C21H19Cl2N3O3S. The van der Waals surface area contributed by atoms with Crippen molar-refractivity contribution in [1.29, 1.82) is 0 Å². The zero-order valence-electron chi connectivity index (χ0n) is 15.9. The second-order valence-electron chi connectivity index (χ2n) is 7.19. The van der Waals surface area contributed by atoms with Gasteiger partial charge < -0.3 is 15.5 Å². The molecule has 2 N–H and O–H groups in total. The first-order chi connectivity index (χ1) is 14.4. The molecule has 3 amide bonds. The van der Waals surface area contributed by atoms with E-state index in [1.807, 2.05) is 24.3 Å². The van der Waals surface area contributed by atoms with Crippen LogP contribution < -0.4 is 10.6 Å². The molecule has 0 radical (unpaired) electrons. The number of nitrogens with one attached hydrogen (secondary N) is 2. The number of amides is 3. The van der Waals surface area contributed by atoms with Crippen LogP contribution in [0, 0.1) is 0 Å².